The lowest BCUT2D eigenvalue weighted by Gasteiger charge is -2.29. The van der Waals surface area contributed by atoms with Crippen LogP contribution in [0.3, 0.4) is 0 Å². The summed E-state index contributed by atoms with van der Waals surface area (Å²) in [5.74, 6) is 1.20. The van der Waals surface area contributed by atoms with E-state index in [1.54, 1.807) is 7.11 Å². The Hall–Kier alpha value is -3.35. The maximum absolute atomic E-state index is 12.7. The Balaban J connectivity index is 1.37. The molecule has 0 saturated carbocycles. The third-order valence-corrected chi connectivity index (χ3v) is 5.20. The second-order valence-corrected chi connectivity index (χ2v) is 7.22. The molecule has 0 atom stereocenters. The summed E-state index contributed by atoms with van der Waals surface area (Å²) in [6, 6.07) is 16.0. The van der Waals surface area contributed by atoms with Gasteiger partial charge in [0.15, 0.2) is 0 Å². The summed E-state index contributed by atoms with van der Waals surface area (Å²) in [4.78, 5) is 19.3. The lowest BCUT2D eigenvalue weighted by atomic mass is 9.96. The number of anilines is 2. The minimum atomic E-state index is -0.0621. The van der Waals surface area contributed by atoms with Gasteiger partial charge in [-0.2, -0.15) is 4.98 Å². The predicted octanol–water partition coefficient (Wildman–Crippen LogP) is 3.91. The summed E-state index contributed by atoms with van der Waals surface area (Å²) in [6.07, 6.45) is 1.45. The number of ether oxygens (including phenoxy) is 1. The number of piperidine rings is 1. The number of rotatable bonds is 5. The molecule has 7 heteroatoms. The van der Waals surface area contributed by atoms with Crippen LogP contribution in [0.2, 0.25) is 0 Å². The standard InChI is InChI=1S/C22H24N4O3/c1-15-8-9-19(28-2)18(14-15)23-21(27)17-10-12-26(13-11-17)22-24-20(25-29-22)16-6-4-3-5-7-16/h3-9,14,17H,10-13H2,1-2H3,(H,23,27). The smallest absolute Gasteiger partial charge is 0.324 e. The Labute approximate surface area is 169 Å². The van der Waals surface area contributed by atoms with Crippen molar-refractivity contribution in [2.45, 2.75) is 19.8 Å². The minimum absolute atomic E-state index is 0.0176. The number of aromatic nitrogens is 2. The van der Waals surface area contributed by atoms with Crippen molar-refractivity contribution < 1.29 is 14.1 Å². The van der Waals surface area contributed by atoms with Gasteiger partial charge in [0, 0.05) is 24.6 Å². The summed E-state index contributed by atoms with van der Waals surface area (Å²) >= 11 is 0. The van der Waals surface area contributed by atoms with Gasteiger partial charge in [0.1, 0.15) is 5.75 Å². The number of methoxy groups -OCH3 is 1. The van der Waals surface area contributed by atoms with E-state index in [1.807, 2.05) is 60.4 Å². The molecule has 29 heavy (non-hydrogen) atoms. The molecular weight excluding hydrogens is 368 g/mol. The number of hydrogen-bond acceptors (Lipinski definition) is 6. The van der Waals surface area contributed by atoms with Crippen LogP contribution in [-0.4, -0.2) is 36.2 Å². The molecule has 1 fully saturated rings. The van der Waals surface area contributed by atoms with Gasteiger partial charge in [-0.15, -0.1) is 0 Å². The van der Waals surface area contributed by atoms with Gasteiger partial charge in [0.05, 0.1) is 12.8 Å². The van der Waals surface area contributed by atoms with Crippen LogP contribution >= 0.6 is 0 Å². The highest BCUT2D eigenvalue weighted by Gasteiger charge is 2.28. The van der Waals surface area contributed by atoms with Crippen molar-refractivity contribution >= 4 is 17.6 Å². The fourth-order valence-corrected chi connectivity index (χ4v) is 3.54. The first kappa shape index (κ1) is 19.0. The van der Waals surface area contributed by atoms with E-state index in [-0.39, 0.29) is 11.8 Å². The van der Waals surface area contributed by atoms with E-state index in [4.69, 9.17) is 9.26 Å². The third kappa shape index (κ3) is 4.23. The minimum Gasteiger partial charge on any atom is -0.495 e. The molecule has 4 rings (SSSR count). The molecule has 1 aliphatic rings. The Kier molecular flexibility index (Phi) is 5.46. The second kappa shape index (κ2) is 8.34. The van der Waals surface area contributed by atoms with Crippen molar-refractivity contribution in [3.05, 3.63) is 54.1 Å². The zero-order chi connectivity index (χ0) is 20.2. The van der Waals surface area contributed by atoms with Crippen LogP contribution in [-0.2, 0) is 4.79 Å². The molecular formula is C22H24N4O3. The molecule has 2 heterocycles. The van der Waals surface area contributed by atoms with E-state index >= 15 is 0 Å². The molecule has 1 amide bonds. The quantitative estimate of drug-likeness (QED) is 0.709. The molecule has 7 nitrogen and oxygen atoms in total. The number of carbonyl (C=O) groups is 1. The SMILES string of the molecule is COc1ccc(C)cc1NC(=O)C1CCN(c2nc(-c3ccccc3)no2)CC1. The fourth-order valence-electron chi connectivity index (χ4n) is 3.54. The summed E-state index contributed by atoms with van der Waals surface area (Å²) in [5, 5.41) is 7.10. The van der Waals surface area contributed by atoms with E-state index in [1.165, 1.54) is 0 Å². The van der Waals surface area contributed by atoms with Crippen LogP contribution in [0, 0.1) is 12.8 Å². The van der Waals surface area contributed by atoms with Crippen LogP contribution in [0.1, 0.15) is 18.4 Å². The van der Waals surface area contributed by atoms with E-state index < -0.39 is 0 Å². The zero-order valence-corrected chi connectivity index (χ0v) is 16.6. The molecule has 150 valence electrons. The largest absolute Gasteiger partial charge is 0.495 e. The number of carbonyl (C=O) groups excluding carboxylic acids is 1. The number of aryl methyl sites for hydroxylation is 1. The fraction of sp³-hybridized carbons (Fsp3) is 0.318. The molecule has 0 bridgehead atoms. The summed E-state index contributed by atoms with van der Waals surface area (Å²) in [6.45, 7) is 3.38. The lowest BCUT2D eigenvalue weighted by molar-refractivity contribution is -0.120. The number of amides is 1. The van der Waals surface area contributed by atoms with Gasteiger partial charge < -0.3 is 19.5 Å². The molecule has 3 aromatic rings. The molecule has 0 radical (unpaired) electrons. The van der Waals surface area contributed by atoms with Gasteiger partial charge in [-0.3, -0.25) is 4.79 Å². The Morgan fingerprint density at radius 3 is 2.66 bits per heavy atom. The van der Waals surface area contributed by atoms with Gasteiger partial charge in [-0.25, -0.2) is 0 Å². The maximum Gasteiger partial charge on any atom is 0.324 e. The number of nitrogens with one attached hydrogen (secondary N) is 1. The monoisotopic (exact) mass is 392 g/mol. The van der Waals surface area contributed by atoms with Crippen LogP contribution in [0.5, 0.6) is 5.75 Å². The Morgan fingerprint density at radius 1 is 1.17 bits per heavy atom. The van der Waals surface area contributed by atoms with E-state index in [0.29, 0.717) is 36.4 Å². The molecule has 0 spiro atoms. The molecule has 1 saturated heterocycles. The van der Waals surface area contributed by atoms with Gasteiger partial charge in [-0.1, -0.05) is 41.6 Å². The number of hydrogen-bond donors (Lipinski definition) is 1. The number of benzene rings is 2. The van der Waals surface area contributed by atoms with Gasteiger partial charge in [0.25, 0.3) is 0 Å². The van der Waals surface area contributed by atoms with Crippen LogP contribution in [0.25, 0.3) is 11.4 Å². The van der Waals surface area contributed by atoms with Crippen molar-refractivity contribution in [3.8, 4) is 17.1 Å². The molecule has 0 unspecified atom stereocenters. The van der Waals surface area contributed by atoms with Gasteiger partial charge >= 0.3 is 6.01 Å². The molecule has 2 aromatic carbocycles. The Morgan fingerprint density at radius 2 is 1.93 bits per heavy atom. The highest BCUT2D eigenvalue weighted by molar-refractivity contribution is 5.94. The normalized spacial score (nSPS) is 14.6. The van der Waals surface area contributed by atoms with Crippen LogP contribution < -0.4 is 15.0 Å². The highest BCUT2D eigenvalue weighted by atomic mass is 16.5. The van der Waals surface area contributed by atoms with Crippen molar-refractivity contribution in [2.75, 3.05) is 30.4 Å². The lowest BCUT2D eigenvalue weighted by Crippen LogP contribution is -2.38. The molecule has 1 N–H and O–H groups in total. The third-order valence-electron chi connectivity index (χ3n) is 5.20. The average Bonchev–Trinajstić information content (AvgIpc) is 3.25. The van der Waals surface area contributed by atoms with E-state index in [9.17, 15) is 4.79 Å². The van der Waals surface area contributed by atoms with E-state index in [2.05, 4.69) is 15.5 Å². The zero-order valence-electron chi connectivity index (χ0n) is 16.6. The molecule has 1 aromatic heterocycles. The van der Waals surface area contributed by atoms with Crippen molar-refractivity contribution in [1.82, 2.24) is 10.1 Å². The summed E-state index contributed by atoms with van der Waals surface area (Å²) < 4.78 is 10.8. The maximum atomic E-state index is 12.7. The second-order valence-electron chi connectivity index (χ2n) is 7.22. The Bertz CT molecular complexity index is 979. The van der Waals surface area contributed by atoms with Crippen LogP contribution in [0.15, 0.2) is 53.1 Å². The highest BCUT2D eigenvalue weighted by Crippen LogP contribution is 2.28. The van der Waals surface area contributed by atoms with Gasteiger partial charge in [0.2, 0.25) is 11.7 Å². The summed E-state index contributed by atoms with van der Waals surface area (Å²) in [7, 11) is 1.60. The van der Waals surface area contributed by atoms with Crippen LogP contribution in [0.4, 0.5) is 11.7 Å². The topological polar surface area (TPSA) is 80.5 Å². The number of nitrogens with zero attached hydrogens (tertiary/aromatic N) is 3. The average molecular weight is 392 g/mol. The van der Waals surface area contributed by atoms with Crippen molar-refractivity contribution in [3.63, 3.8) is 0 Å². The van der Waals surface area contributed by atoms with E-state index in [0.717, 1.165) is 24.0 Å². The first-order chi connectivity index (χ1) is 14.1. The van der Waals surface area contributed by atoms with Crippen molar-refractivity contribution in [1.29, 1.82) is 0 Å². The van der Waals surface area contributed by atoms with Crippen molar-refractivity contribution in [2.24, 2.45) is 5.92 Å². The summed E-state index contributed by atoms with van der Waals surface area (Å²) in [5.41, 5.74) is 2.70. The first-order valence-electron chi connectivity index (χ1n) is 9.73. The molecule has 1 aliphatic heterocycles. The van der Waals surface area contributed by atoms with Gasteiger partial charge in [-0.05, 0) is 37.5 Å². The predicted molar refractivity (Wildman–Crippen MR) is 111 cm³/mol. The first-order valence-corrected chi connectivity index (χ1v) is 9.73. The molecule has 0 aliphatic carbocycles.